The Morgan fingerprint density at radius 3 is 2.40 bits per heavy atom. The van der Waals surface area contributed by atoms with Gasteiger partial charge in [-0.15, -0.1) is 0 Å². The van der Waals surface area contributed by atoms with Crippen LogP contribution in [0.5, 0.6) is 0 Å². The van der Waals surface area contributed by atoms with Gasteiger partial charge in [0, 0.05) is 20.1 Å². The van der Waals surface area contributed by atoms with Gasteiger partial charge in [-0.3, -0.25) is 0 Å². The van der Waals surface area contributed by atoms with E-state index >= 15 is 0 Å². The first-order valence-electron chi connectivity index (χ1n) is 3.41. The maximum Gasteiger partial charge on any atom is 0.115 e. The van der Waals surface area contributed by atoms with E-state index in [1.54, 1.807) is 7.11 Å². The number of rotatable bonds is 4. The Balaban J connectivity index is 3.64. The van der Waals surface area contributed by atoms with Gasteiger partial charge in [-0.05, 0) is 13.8 Å². The van der Waals surface area contributed by atoms with Crippen LogP contribution in [-0.4, -0.2) is 25.4 Å². The SMILES string of the molecule is COC(C)(C)CC(F)CN. The van der Waals surface area contributed by atoms with Crippen molar-refractivity contribution >= 4 is 0 Å². The first-order chi connectivity index (χ1) is 4.52. The average molecular weight is 149 g/mol. The molecule has 10 heavy (non-hydrogen) atoms. The zero-order valence-corrected chi connectivity index (χ0v) is 6.86. The van der Waals surface area contributed by atoms with Gasteiger partial charge in [-0.1, -0.05) is 0 Å². The van der Waals surface area contributed by atoms with Gasteiger partial charge < -0.3 is 10.5 Å². The molecular formula is C7H16FNO. The summed E-state index contributed by atoms with van der Waals surface area (Å²) in [6.07, 6.45) is -0.588. The minimum Gasteiger partial charge on any atom is -0.379 e. The lowest BCUT2D eigenvalue weighted by atomic mass is 10.0. The maximum absolute atomic E-state index is 12.6. The molecule has 1 unspecified atom stereocenters. The predicted octanol–water partition coefficient (Wildman–Crippen LogP) is 1.10. The van der Waals surface area contributed by atoms with Crippen molar-refractivity contribution in [3.05, 3.63) is 0 Å². The molecule has 0 bridgehead atoms. The maximum atomic E-state index is 12.6. The van der Waals surface area contributed by atoms with Gasteiger partial charge >= 0.3 is 0 Å². The fourth-order valence-electron chi connectivity index (χ4n) is 0.700. The third-order valence-corrected chi connectivity index (χ3v) is 1.52. The smallest absolute Gasteiger partial charge is 0.115 e. The summed E-state index contributed by atoms with van der Waals surface area (Å²) in [4.78, 5) is 0. The number of alkyl halides is 1. The molecule has 62 valence electrons. The molecular weight excluding hydrogens is 133 g/mol. The lowest BCUT2D eigenvalue weighted by Gasteiger charge is -2.23. The molecule has 0 fully saturated rings. The zero-order valence-electron chi connectivity index (χ0n) is 6.86. The van der Waals surface area contributed by atoms with Gasteiger partial charge in [0.05, 0.1) is 5.60 Å². The van der Waals surface area contributed by atoms with Crippen LogP contribution in [0.25, 0.3) is 0 Å². The van der Waals surface area contributed by atoms with Crippen LogP contribution < -0.4 is 5.73 Å². The summed E-state index contributed by atoms with van der Waals surface area (Å²) in [6.45, 7) is 3.76. The molecule has 0 spiro atoms. The van der Waals surface area contributed by atoms with E-state index in [-0.39, 0.29) is 6.54 Å². The van der Waals surface area contributed by atoms with E-state index in [2.05, 4.69) is 0 Å². The summed E-state index contributed by atoms with van der Waals surface area (Å²) in [7, 11) is 1.57. The minimum absolute atomic E-state index is 0.0762. The second-order valence-corrected chi connectivity index (χ2v) is 3.00. The lowest BCUT2D eigenvalue weighted by Crippen LogP contribution is -2.30. The molecule has 1 atom stereocenters. The number of ether oxygens (including phenoxy) is 1. The first kappa shape index (κ1) is 9.85. The van der Waals surface area contributed by atoms with Crippen molar-refractivity contribution in [2.24, 2.45) is 5.73 Å². The Labute approximate surface area is 61.5 Å². The zero-order chi connectivity index (χ0) is 8.20. The van der Waals surface area contributed by atoms with Gasteiger partial charge in [0.15, 0.2) is 0 Å². The van der Waals surface area contributed by atoms with Gasteiger partial charge in [0.25, 0.3) is 0 Å². The van der Waals surface area contributed by atoms with Crippen LogP contribution in [0.3, 0.4) is 0 Å². The van der Waals surface area contributed by atoms with Gasteiger partial charge in [-0.25, -0.2) is 4.39 Å². The Hall–Kier alpha value is -0.150. The molecule has 2 N–H and O–H groups in total. The molecule has 0 aromatic rings. The van der Waals surface area contributed by atoms with Crippen molar-refractivity contribution in [2.75, 3.05) is 13.7 Å². The highest BCUT2D eigenvalue weighted by Crippen LogP contribution is 2.16. The van der Waals surface area contributed by atoms with Crippen molar-refractivity contribution < 1.29 is 9.13 Å². The van der Waals surface area contributed by atoms with Gasteiger partial charge in [0.2, 0.25) is 0 Å². The van der Waals surface area contributed by atoms with Crippen LogP contribution in [0.15, 0.2) is 0 Å². The summed E-state index contributed by atoms with van der Waals surface area (Å²) in [5.74, 6) is 0. The van der Waals surface area contributed by atoms with Gasteiger partial charge in [-0.2, -0.15) is 0 Å². The normalized spacial score (nSPS) is 15.3. The number of methoxy groups -OCH3 is 1. The summed E-state index contributed by atoms with van der Waals surface area (Å²) in [6, 6.07) is 0. The van der Waals surface area contributed by atoms with Gasteiger partial charge in [0.1, 0.15) is 6.17 Å². The molecule has 3 heteroatoms. The fourth-order valence-corrected chi connectivity index (χ4v) is 0.700. The Bertz CT molecular complexity index is 95.6. The number of nitrogens with two attached hydrogens (primary N) is 1. The summed E-state index contributed by atoms with van der Waals surface area (Å²) >= 11 is 0. The number of halogens is 1. The molecule has 0 aromatic carbocycles. The van der Waals surface area contributed by atoms with E-state index in [4.69, 9.17) is 10.5 Å². The molecule has 0 aromatic heterocycles. The monoisotopic (exact) mass is 149 g/mol. The summed E-state index contributed by atoms with van der Waals surface area (Å²) in [5.41, 5.74) is 4.71. The summed E-state index contributed by atoms with van der Waals surface area (Å²) < 4.78 is 17.6. The lowest BCUT2D eigenvalue weighted by molar-refractivity contribution is -0.00194. The molecule has 0 amide bonds. The Morgan fingerprint density at radius 1 is 1.60 bits per heavy atom. The van der Waals surface area contributed by atoms with E-state index in [1.807, 2.05) is 13.8 Å². The molecule has 0 saturated carbocycles. The highest BCUT2D eigenvalue weighted by Gasteiger charge is 2.21. The molecule has 0 aliphatic heterocycles. The van der Waals surface area contributed by atoms with Crippen molar-refractivity contribution in [2.45, 2.75) is 32.0 Å². The average Bonchev–Trinajstić information content (AvgIpc) is 1.87. The van der Waals surface area contributed by atoms with Crippen LogP contribution in [0.4, 0.5) is 4.39 Å². The summed E-state index contributed by atoms with van der Waals surface area (Å²) in [5, 5.41) is 0. The standard InChI is InChI=1S/C7H16FNO/c1-7(2,10-3)4-6(8)5-9/h6H,4-5,9H2,1-3H3. The molecule has 0 heterocycles. The fraction of sp³-hybridized carbons (Fsp3) is 1.00. The topological polar surface area (TPSA) is 35.2 Å². The molecule has 2 nitrogen and oxygen atoms in total. The van der Waals surface area contributed by atoms with E-state index in [0.29, 0.717) is 6.42 Å². The second kappa shape index (κ2) is 3.88. The van der Waals surface area contributed by atoms with Crippen molar-refractivity contribution in [3.63, 3.8) is 0 Å². The third-order valence-electron chi connectivity index (χ3n) is 1.52. The minimum atomic E-state index is -0.949. The highest BCUT2D eigenvalue weighted by molar-refractivity contribution is 4.73. The van der Waals surface area contributed by atoms with Crippen LogP contribution >= 0.6 is 0 Å². The van der Waals surface area contributed by atoms with Crippen molar-refractivity contribution in [3.8, 4) is 0 Å². The highest BCUT2D eigenvalue weighted by atomic mass is 19.1. The number of hydrogen-bond donors (Lipinski definition) is 1. The Kier molecular flexibility index (Phi) is 3.83. The second-order valence-electron chi connectivity index (χ2n) is 3.00. The van der Waals surface area contributed by atoms with Crippen LogP contribution in [-0.2, 0) is 4.74 Å². The van der Waals surface area contributed by atoms with Crippen molar-refractivity contribution in [1.82, 2.24) is 0 Å². The Morgan fingerprint density at radius 2 is 2.10 bits per heavy atom. The molecule has 0 aliphatic rings. The molecule has 0 rings (SSSR count). The van der Waals surface area contributed by atoms with E-state index in [9.17, 15) is 4.39 Å². The predicted molar refractivity (Wildman–Crippen MR) is 39.7 cm³/mol. The van der Waals surface area contributed by atoms with E-state index < -0.39 is 11.8 Å². The first-order valence-corrected chi connectivity index (χ1v) is 3.41. The van der Waals surface area contributed by atoms with Crippen LogP contribution in [0.2, 0.25) is 0 Å². The largest absolute Gasteiger partial charge is 0.379 e. The quantitative estimate of drug-likeness (QED) is 0.649. The third kappa shape index (κ3) is 3.80. The molecule has 0 aliphatic carbocycles. The molecule has 0 saturated heterocycles. The van der Waals surface area contributed by atoms with E-state index in [1.165, 1.54) is 0 Å². The van der Waals surface area contributed by atoms with E-state index in [0.717, 1.165) is 0 Å². The van der Waals surface area contributed by atoms with Crippen LogP contribution in [0, 0.1) is 0 Å². The van der Waals surface area contributed by atoms with Crippen LogP contribution in [0.1, 0.15) is 20.3 Å². The molecule has 0 radical (unpaired) electrons. The van der Waals surface area contributed by atoms with Crippen molar-refractivity contribution in [1.29, 1.82) is 0 Å². The number of hydrogen-bond acceptors (Lipinski definition) is 2.